The summed E-state index contributed by atoms with van der Waals surface area (Å²) in [4.78, 5) is 10.9. The van der Waals surface area contributed by atoms with Gasteiger partial charge < -0.3 is 10.2 Å². The minimum Gasteiger partial charge on any atom is -0.451 e. The Bertz CT molecular complexity index is 549. The number of benzene rings is 1. The molecule has 2 rings (SSSR count). The number of amides is 1. The van der Waals surface area contributed by atoms with E-state index < -0.39 is 5.91 Å². The van der Waals surface area contributed by atoms with E-state index in [0.29, 0.717) is 21.4 Å². The fourth-order valence-corrected chi connectivity index (χ4v) is 1.68. The van der Waals surface area contributed by atoms with Crippen LogP contribution in [0.3, 0.4) is 0 Å². The summed E-state index contributed by atoms with van der Waals surface area (Å²) in [6.07, 6.45) is 0. The molecule has 0 radical (unpaired) electrons. The third kappa shape index (κ3) is 2.05. The molecule has 0 unspecified atom stereocenters. The number of carbonyl (C=O) groups excluding carboxylic acids is 1. The summed E-state index contributed by atoms with van der Waals surface area (Å²) in [7, 11) is 0. The van der Waals surface area contributed by atoms with Gasteiger partial charge in [0, 0.05) is 10.6 Å². The molecule has 82 valence electrons. The van der Waals surface area contributed by atoms with Crippen LogP contribution in [-0.4, -0.2) is 5.91 Å². The van der Waals surface area contributed by atoms with Crippen molar-refractivity contribution in [3.63, 3.8) is 0 Å². The molecule has 5 heteroatoms. The van der Waals surface area contributed by atoms with Gasteiger partial charge >= 0.3 is 0 Å². The minimum atomic E-state index is -0.621. The number of hydrogen-bond donors (Lipinski definition) is 1. The lowest BCUT2D eigenvalue weighted by atomic mass is 10.2. The van der Waals surface area contributed by atoms with Crippen molar-refractivity contribution >= 4 is 29.1 Å². The molecular formula is C11H7Cl2NO2. The van der Waals surface area contributed by atoms with Gasteiger partial charge in [0.05, 0.1) is 5.02 Å². The molecule has 1 heterocycles. The first-order valence-corrected chi connectivity index (χ1v) is 5.18. The Kier molecular flexibility index (Phi) is 2.90. The molecule has 1 aromatic carbocycles. The van der Waals surface area contributed by atoms with Gasteiger partial charge in [-0.15, -0.1) is 0 Å². The number of hydrogen-bond acceptors (Lipinski definition) is 2. The Morgan fingerprint density at radius 2 is 1.94 bits per heavy atom. The summed E-state index contributed by atoms with van der Waals surface area (Å²) < 4.78 is 5.25. The number of rotatable bonds is 2. The van der Waals surface area contributed by atoms with E-state index in [4.69, 9.17) is 33.4 Å². The first-order valence-electron chi connectivity index (χ1n) is 4.43. The average molecular weight is 256 g/mol. The summed E-state index contributed by atoms with van der Waals surface area (Å²) in [5.41, 5.74) is 5.71. The number of primary amides is 1. The van der Waals surface area contributed by atoms with Gasteiger partial charge in [0.2, 0.25) is 0 Å². The number of furan rings is 1. The van der Waals surface area contributed by atoms with E-state index in [1.54, 1.807) is 24.3 Å². The predicted molar refractivity (Wildman–Crippen MR) is 62.7 cm³/mol. The molecule has 2 N–H and O–H groups in total. The van der Waals surface area contributed by atoms with Crippen molar-refractivity contribution < 1.29 is 9.21 Å². The van der Waals surface area contributed by atoms with Crippen LogP contribution in [0, 0.1) is 0 Å². The Labute approximate surface area is 102 Å². The first-order chi connectivity index (χ1) is 7.58. The third-order valence-electron chi connectivity index (χ3n) is 2.04. The molecule has 0 atom stereocenters. The summed E-state index contributed by atoms with van der Waals surface area (Å²) in [5, 5.41) is 1.03. The van der Waals surface area contributed by atoms with Crippen LogP contribution in [0.2, 0.25) is 10.0 Å². The van der Waals surface area contributed by atoms with Crippen LogP contribution < -0.4 is 5.73 Å². The normalized spacial score (nSPS) is 10.4. The first kappa shape index (κ1) is 11.0. The van der Waals surface area contributed by atoms with E-state index in [0.717, 1.165) is 0 Å². The maximum atomic E-state index is 10.9. The largest absolute Gasteiger partial charge is 0.451 e. The van der Waals surface area contributed by atoms with Crippen LogP contribution in [0.4, 0.5) is 0 Å². The highest BCUT2D eigenvalue weighted by atomic mass is 35.5. The van der Waals surface area contributed by atoms with Gasteiger partial charge in [-0.1, -0.05) is 23.2 Å². The summed E-state index contributed by atoms with van der Waals surface area (Å²) in [6, 6.07) is 8.11. The van der Waals surface area contributed by atoms with Crippen molar-refractivity contribution in [1.82, 2.24) is 0 Å². The predicted octanol–water partition coefficient (Wildman–Crippen LogP) is 3.35. The zero-order valence-corrected chi connectivity index (χ0v) is 9.55. The lowest BCUT2D eigenvalue weighted by molar-refractivity contribution is 0.0974. The van der Waals surface area contributed by atoms with Crippen LogP contribution in [0.15, 0.2) is 34.7 Å². The maximum absolute atomic E-state index is 10.9. The van der Waals surface area contributed by atoms with E-state index in [1.807, 2.05) is 0 Å². The number of halogens is 2. The molecule has 0 saturated heterocycles. The fraction of sp³-hybridized carbons (Fsp3) is 0. The van der Waals surface area contributed by atoms with Crippen molar-refractivity contribution in [1.29, 1.82) is 0 Å². The molecule has 0 aliphatic heterocycles. The van der Waals surface area contributed by atoms with Gasteiger partial charge in [-0.25, -0.2) is 0 Å². The lowest BCUT2D eigenvalue weighted by Gasteiger charge is -2.00. The molecule has 0 bridgehead atoms. The van der Waals surface area contributed by atoms with Crippen molar-refractivity contribution in [2.24, 2.45) is 5.73 Å². The van der Waals surface area contributed by atoms with Crippen molar-refractivity contribution in [3.05, 3.63) is 46.1 Å². The molecule has 0 saturated carbocycles. The summed E-state index contributed by atoms with van der Waals surface area (Å²) in [6.45, 7) is 0. The van der Waals surface area contributed by atoms with Gasteiger partial charge in [-0.3, -0.25) is 4.79 Å². The molecule has 0 aliphatic carbocycles. The second kappa shape index (κ2) is 4.20. The van der Waals surface area contributed by atoms with Crippen molar-refractivity contribution in [2.45, 2.75) is 0 Å². The Morgan fingerprint density at radius 3 is 2.56 bits per heavy atom. The van der Waals surface area contributed by atoms with Gasteiger partial charge in [0.25, 0.3) is 5.91 Å². The zero-order valence-electron chi connectivity index (χ0n) is 8.04. The minimum absolute atomic E-state index is 0.0889. The molecule has 2 aromatic rings. The van der Waals surface area contributed by atoms with E-state index in [9.17, 15) is 4.79 Å². The SMILES string of the molecule is NC(=O)c1ccc(-c2cc(Cl)ccc2Cl)o1. The zero-order chi connectivity index (χ0) is 11.7. The average Bonchev–Trinajstić information content (AvgIpc) is 2.70. The maximum Gasteiger partial charge on any atom is 0.284 e. The van der Waals surface area contributed by atoms with Crippen LogP contribution >= 0.6 is 23.2 Å². The standard InChI is InChI=1S/C11H7Cl2NO2/c12-6-1-2-8(13)7(5-6)9-3-4-10(16-9)11(14)15/h1-5H,(H2,14,15). The molecule has 1 amide bonds. The van der Waals surface area contributed by atoms with Gasteiger partial charge in [-0.2, -0.15) is 0 Å². The monoisotopic (exact) mass is 255 g/mol. The fourth-order valence-electron chi connectivity index (χ4n) is 1.30. The Morgan fingerprint density at radius 1 is 1.19 bits per heavy atom. The molecule has 16 heavy (non-hydrogen) atoms. The van der Waals surface area contributed by atoms with Crippen molar-refractivity contribution in [3.8, 4) is 11.3 Å². The van der Waals surface area contributed by atoms with E-state index in [2.05, 4.69) is 0 Å². The van der Waals surface area contributed by atoms with Crippen LogP contribution in [0.5, 0.6) is 0 Å². The Balaban J connectivity index is 2.50. The van der Waals surface area contributed by atoms with Gasteiger partial charge in [0.15, 0.2) is 5.76 Å². The molecule has 0 spiro atoms. The molecule has 3 nitrogen and oxygen atoms in total. The Hall–Kier alpha value is -1.45. The second-order valence-corrected chi connectivity index (χ2v) is 4.00. The summed E-state index contributed by atoms with van der Waals surface area (Å²) >= 11 is 11.8. The lowest BCUT2D eigenvalue weighted by Crippen LogP contribution is -2.09. The molecule has 0 fully saturated rings. The van der Waals surface area contributed by atoms with Gasteiger partial charge in [-0.05, 0) is 30.3 Å². The highest BCUT2D eigenvalue weighted by molar-refractivity contribution is 6.35. The van der Waals surface area contributed by atoms with Crippen LogP contribution in [-0.2, 0) is 0 Å². The summed E-state index contributed by atoms with van der Waals surface area (Å²) in [5.74, 6) is -0.0725. The van der Waals surface area contributed by atoms with Crippen LogP contribution in [0.25, 0.3) is 11.3 Å². The molecule has 1 aromatic heterocycles. The van der Waals surface area contributed by atoms with Gasteiger partial charge in [0.1, 0.15) is 5.76 Å². The van der Waals surface area contributed by atoms with E-state index in [1.165, 1.54) is 6.07 Å². The highest BCUT2D eigenvalue weighted by Crippen LogP contribution is 2.31. The number of nitrogens with two attached hydrogens (primary N) is 1. The highest BCUT2D eigenvalue weighted by Gasteiger charge is 2.11. The topological polar surface area (TPSA) is 56.2 Å². The third-order valence-corrected chi connectivity index (χ3v) is 2.61. The van der Waals surface area contributed by atoms with E-state index >= 15 is 0 Å². The second-order valence-electron chi connectivity index (χ2n) is 3.15. The van der Waals surface area contributed by atoms with Crippen molar-refractivity contribution in [2.75, 3.05) is 0 Å². The van der Waals surface area contributed by atoms with E-state index in [-0.39, 0.29) is 5.76 Å². The quantitative estimate of drug-likeness (QED) is 0.895. The smallest absolute Gasteiger partial charge is 0.284 e. The number of carbonyl (C=O) groups is 1. The molecule has 0 aliphatic rings. The molecular weight excluding hydrogens is 249 g/mol. The van der Waals surface area contributed by atoms with Crippen LogP contribution in [0.1, 0.15) is 10.6 Å².